The second-order valence-electron chi connectivity index (χ2n) is 9.63. The fourth-order valence-corrected chi connectivity index (χ4v) is 6.75. The van der Waals surface area contributed by atoms with Crippen molar-refractivity contribution >= 4 is 9.84 Å². The van der Waals surface area contributed by atoms with Crippen LogP contribution >= 0.6 is 0 Å². The van der Waals surface area contributed by atoms with Crippen LogP contribution in [0.3, 0.4) is 0 Å². The van der Waals surface area contributed by atoms with Gasteiger partial charge in [0.1, 0.15) is 23.0 Å². The largest absolute Gasteiger partial charge is 0.507 e. The Morgan fingerprint density at radius 1 is 0.541 bits per heavy atom. The summed E-state index contributed by atoms with van der Waals surface area (Å²) >= 11 is 0. The van der Waals surface area contributed by atoms with Crippen molar-refractivity contribution in [1.29, 1.82) is 0 Å². The minimum Gasteiger partial charge on any atom is -0.507 e. The zero-order valence-electron chi connectivity index (χ0n) is 21.6. The quantitative estimate of drug-likeness (QED) is 0.244. The second kappa shape index (κ2) is 9.16. The number of aryl methyl sites for hydroxylation is 4. The SMILES string of the molecule is Cc1ccc(O)c(-c2c(S(=O)(=O)c3cc(C)c(O)c(C)c3-c3cc(C)ccc3O)cc(C)c(O)c2C)c1. The molecule has 0 atom stereocenters. The zero-order chi connectivity index (χ0) is 27.4. The molecule has 0 heterocycles. The molecule has 0 fully saturated rings. The van der Waals surface area contributed by atoms with Crippen LogP contribution in [0.2, 0.25) is 0 Å². The molecule has 0 spiro atoms. The van der Waals surface area contributed by atoms with Crippen molar-refractivity contribution in [1.82, 2.24) is 0 Å². The molecule has 0 radical (unpaired) electrons. The van der Waals surface area contributed by atoms with Crippen molar-refractivity contribution in [2.45, 2.75) is 51.3 Å². The lowest BCUT2D eigenvalue weighted by Crippen LogP contribution is -2.10. The number of hydrogen-bond donors (Lipinski definition) is 4. The summed E-state index contributed by atoms with van der Waals surface area (Å²) in [4.78, 5) is -0.196. The first-order valence-corrected chi connectivity index (χ1v) is 13.2. The molecule has 0 bridgehead atoms. The van der Waals surface area contributed by atoms with E-state index >= 15 is 0 Å². The molecule has 0 amide bonds. The maximum atomic E-state index is 14.5. The Bertz CT molecular complexity index is 1560. The third-order valence-electron chi connectivity index (χ3n) is 6.82. The minimum absolute atomic E-state index is 0.0653. The van der Waals surface area contributed by atoms with Crippen LogP contribution in [-0.4, -0.2) is 28.8 Å². The van der Waals surface area contributed by atoms with Crippen molar-refractivity contribution in [3.8, 4) is 45.3 Å². The summed E-state index contributed by atoms with van der Waals surface area (Å²) < 4.78 is 29.0. The van der Waals surface area contributed by atoms with Crippen LogP contribution in [0.25, 0.3) is 22.3 Å². The number of sulfone groups is 1. The van der Waals surface area contributed by atoms with Crippen LogP contribution < -0.4 is 0 Å². The van der Waals surface area contributed by atoms with Crippen molar-refractivity contribution in [2.75, 3.05) is 0 Å². The van der Waals surface area contributed by atoms with Gasteiger partial charge in [0, 0.05) is 33.4 Å². The lowest BCUT2D eigenvalue weighted by Gasteiger charge is -2.21. The summed E-state index contributed by atoms with van der Waals surface area (Å²) in [6.07, 6.45) is 0. The minimum atomic E-state index is -4.32. The average molecular weight is 519 g/mol. The molecule has 192 valence electrons. The Hall–Kier alpha value is -3.97. The van der Waals surface area contributed by atoms with Crippen LogP contribution in [0, 0.1) is 41.5 Å². The molecular weight excluding hydrogens is 488 g/mol. The first-order valence-electron chi connectivity index (χ1n) is 11.8. The number of phenolic OH excluding ortho intramolecular Hbond substituents is 4. The normalized spacial score (nSPS) is 11.6. The highest BCUT2D eigenvalue weighted by Crippen LogP contribution is 2.47. The van der Waals surface area contributed by atoms with E-state index in [1.54, 1.807) is 52.0 Å². The van der Waals surface area contributed by atoms with Gasteiger partial charge in [-0.05, 0) is 89.1 Å². The first-order chi connectivity index (χ1) is 17.2. The zero-order valence-corrected chi connectivity index (χ0v) is 22.4. The number of rotatable bonds is 4. The Morgan fingerprint density at radius 2 is 0.892 bits per heavy atom. The molecule has 37 heavy (non-hydrogen) atoms. The molecule has 4 rings (SSSR count). The number of aromatic hydroxyl groups is 4. The highest BCUT2D eigenvalue weighted by Gasteiger charge is 2.32. The highest BCUT2D eigenvalue weighted by molar-refractivity contribution is 7.91. The summed E-state index contributed by atoms with van der Waals surface area (Å²) in [5.74, 6) is -0.375. The van der Waals surface area contributed by atoms with Crippen molar-refractivity contribution < 1.29 is 28.8 Å². The molecule has 0 saturated heterocycles. The third kappa shape index (κ3) is 4.29. The molecule has 6 nitrogen and oxygen atoms in total. The molecule has 4 aromatic carbocycles. The highest BCUT2D eigenvalue weighted by atomic mass is 32.2. The van der Waals surface area contributed by atoms with E-state index in [2.05, 4.69) is 0 Å². The van der Waals surface area contributed by atoms with Gasteiger partial charge in [0.05, 0.1) is 9.79 Å². The number of benzene rings is 4. The van der Waals surface area contributed by atoms with E-state index in [1.165, 1.54) is 24.3 Å². The maximum Gasteiger partial charge on any atom is 0.207 e. The Balaban J connectivity index is 2.18. The van der Waals surface area contributed by atoms with Crippen LogP contribution in [0.15, 0.2) is 58.3 Å². The smallest absolute Gasteiger partial charge is 0.207 e. The Morgan fingerprint density at radius 3 is 1.24 bits per heavy atom. The van der Waals surface area contributed by atoms with Gasteiger partial charge in [-0.1, -0.05) is 23.3 Å². The average Bonchev–Trinajstić information content (AvgIpc) is 2.84. The molecule has 0 saturated carbocycles. The van der Waals surface area contributed by atoms with Gasteiger partial charge in [-0.25, -0.2) is 8.42 Å². The molecule has 0 aliphatic heterocycles. The van der Waals surface area contributed by atoms with Crippen LogP contribution in [-0.2, 0) is 9.84 Å². The van der Waals surface area contributed by atoms with Crippen LogP contribution in [0.4, 0.5) is 0 Å². The van der Waals surface area contributed by atoms with E-state index in [0.717, 1.165) is 11.1 Å². The molecule has 0 aliphatic rings. The van der Waals surface area contributed by atoms with Gasteiger partial charge in [0.15, 0.2) is 0 Å². The summed E-state index contributed by atoms with van der Waals surface area (Å²) in [7, 11) is -4.32. The fourth-order valence-electron chi connectivity index (χ4n) is 4.78. The standard InChI is InChI=1S/C30H30O6S/c1-15-7-9-23(31)21(11-15)27-19(5)29(33)17(3)13-25(27)37(35,36)26-14-18(4)30(34)20(6)28(26)22-12-16(2)8-10-24(22)32/h7-14,31-34H,1-6H3. The van der Waals surface area contributed by atoms with E-state index in [0.29, 0.717) is 22.3 Å². The van der Waals surface area contributed by atoms with Crippen molar-refractivity contribution in [3.63, 3.8) is 0 Å². The van der Waals surface area contributed by atoms with E-state index in [-0.39, 0.29) is 55.0 Å². The van der Waals surface area contributed by atoms with Gasteiger partial charge in [0.25, 0.3) is 0 Å². The van der Waals surface area contributed by atoms with E-state index in [9.17, 15) is 28.8 Å². The third-order valence-corrected chi connectivity index (χ3v) is 8.62. The van der Waals surface area contributed by atoms with E-state index < -0.39 is 9.84 Å². The van der Waals surface area contributed by atoms with Gasteiger partial charge in [0.2, 0.25) is 9.84 Å². The maximum absolute atomic E-state index is 14.5. The van der Waals surface area contributed by atoms with Gasteiger partial charge in [-0.15, -0.1) is 0 Å². The lowest BCUT2D eigenvalue weighted by atomic mass is 9.95. The molecule has 0 aliphatic carbocycles. The molecule has 0 aromatic heterocycles. The summed E-state index contributed by atoms with van der Waals surface area (Å²) in [5.41, 5.74) is 3.88. The second-order valence-corrected chi connectivity index (χ2v) is 11.5. The molecule has 7 heteroatoms. The van der Waals surface area contributed by atoms with Gasteiger partial charge < -0.3 is 20.4 Å². The van der Waals surface area contributed by atoms with Gasteiger partial charge in [-0.2, -0.15) is 0 Å². The lowest BCUT2D eigenvalue weighted by molar-refractivity contribution is 0.465. The molecular formula is C30H30O6S. The molecule has 4 aromatic rings. The van der Waals surface area contributed by atoms with Crippen LogP contribution in [0.5, 0.6) is 23.0 Å². The predicted molar refractivity (Wildman–Crippen MR) is 144 cm³/mol. The molecule has 0 unspecified atom stereocenters. The predicted octanol–water partition coefficient (Wildman–Crippen LogP) is 6.53. The Kier molecular flexibility index (Phi) is 6.46. The fraction of sp³-hybridized carbons (Fsp3) is 0.200. The van der Waals surface area contributed by atoms with Gasteiger partial charge >= 0.3 is 0 Å². The van der Waals surface area contributed by atoms with Crippen LogP contribution in [0.1, 0.15) is 33.4 Å². The summed E-state index contributed by atoms with van der Waals surface area (Å²) in [6.45, 7) is 10.1. The van der Waals surface area contributed by atoms with E-state index in [1.807, 2.05) is 13.8 Å². The monoisotopic (exact) mass is 518 g/mol. The number of phenols is 4. The van der Waals surface area contributed by atoms with Crippen molar-refractivity contribution in [3.05, 3.63) is 81.9 Å². The Labute approximate surface area is 217 Å². The first kappa shape index (κ1) is 26.1. The van der Waals surface area contributed by atoms with E-state index in [4.69, 9.17) is 0 Å². The summed E-state index contributed by atoms with van der Waals surface area (Å²) in [6, 6.07) is 12.5. The topological polar surface area (TPSA) is 115 Å². The number of hydrogen-bond acceptors (Lipinski definition) is 6. The summed E-state index contributed by atoms with van der Waals surface area (Å²) in [5, 5.41) is 42.9. The van der Waals surface area contributed by atoms with Gasteiger partial charge in [-0.3, -0.25) is 0 Å². The molecule has 4 N–H and O–H groups in total. The van der Waals surface area contributed by atoms with Crippen molar-refractivity contribution in [2.24, 2.45) is 0 Å².